The zero-order chi connectivity index (χ0) is 19.1. The van der Waals surface area contributed by atoms with E-state index in [0.717, 1.165) is 18.7 Å². The van der Waals surface area contributed by atoms with Crippen LogP contribution in [0.2, 0.25) is 0 Å². The van der Waals surface area contributed by atoms with Gasteiger partial charge in [-0.25, -0.2) is 4.98 Å². The fourth-order valence-electron chi connectivity index (χ4n) is 2.84. The van der Waals surface area contributed by atoms with E-state index in [-0.39, 0.29) is 18.4 Å². The van der Waals surface area contributed by atoms with E-state index in [1.54, 1.807) is 28.6 Å². The zero-order valence-electron chi connectivity index (χ0n) is 15.4. The van der Waals surface area contributed by atoms with E-state index in [1.807, 2.05) is 19.1 Å². The summed E-state index contributed by atoms with van der Waals surface area (Å²) < 4.78 is 5.37. The number of hydrogen-bond donors (Lipinski definition) is 1. The zero-order valence-corrected chi connectivity index (χ0v) is 16.2. The van der Waals surface area contributed by atoms with Gasteiger partial charge in [0.05, 0.1) is 13.2 Å². The van der Waals surface area contributed by atoms with Gasteiger partial charge in [-0.05, 0) is 19.1 Å². The van der Waals surface area contributed by atoms with Gasteiger partial charge in [0, 0.05) is 43.3 Å². The number of nitrogens with one attached hydrogen (secondary N) is 1. The molecule has 1 aromatic carbocycles. The molecule has 144 valence electrons. The third kappa shape index (κ3) is 5.85. The van der Waals surface area contributed by atoms with Gasteiger partial charge in [0.15, 0.2) is 5.13 Å². The molecule has 1 saturated heterocycles. The molecule has 0 unspecified atom stereocenters. The van der Waals surface area contributed by atoms with Crippen molar-refractivity contribution < 1.29 is 14.3 Å². The van der Waals surface area contributed by atoms with Gasteiger partial charge < -0.3 is 15.0 Å². The first kappa shape index (κ1) is 19.5. The summed E-state index contributed by atoms with van der Waals surface area (Å²) in [6.45, 7) is 6.27. The lowest BCUT2D eigenvalue weighted by molar-refractivity contribution is -0.117. The third-order valence-corrected chi connectivity index (χ3v) is 5.08. The molecule has 0 spiro atoms. The molecule has 1 fully saturated rings. The van der Waals surface area contributed by atoms with Gasteiger partial charge in [0.25, 0.3) is 5.91 Å². The van der Waals surface area contributed by atoms with Crippen molar-refractivity contribution in [1.29, 1.82) is 0 Å². The number of aryl methyl sites for hydroxylation is 1. The van der Waals surface area contributed by atoms with Crippen molar-refractivity contribution in [2.75, 3.05) is 51.3 Å². The Morgan fingerprint density at radius 1 is 1.26 bits per heavy atom. The van der Waals surface area contributed by atoms with E-state index < -0.39 is 0 Å². The molecule has 0 bridgehead atoms. The maximum atomic E-state index is 13.0. The van der Waals surface area contributed by atoms with Crippen LogP contribution in [0.4, 0.5) is 5.13 Å². The second-order valence-electron chi connectivity index (χ2n) is 6.43. The molecule has 0 atom stereocenters. The first-order valence-electron chi connectivity index (χ1n) is 8.97. The second-order valence-corrected chi connectivity index (χ2v) is 7.33. The number of anilines is 1. The average Bonchev–Trinajstić information content (AvgIpc) is 3.19. The molecule has 2 aromatic rings. The molecule has 0 radical (unpaired) electrons. The Kier molecular flexibility index (Phi) is 6.92. The summed E-state index contributed by atoms with van der Waals surface area (Å²) in [5, 5.41) is 5.08. The van der Waals surface area contributed by atoms with E-state index in [0.29, 0.717) is 37.0 Å². The van der Waals surface area contributed by atoms with Gasteiger partial charge in [-0.2, -0.15) is 0 Å². The molecule has 1 N–H and O–H groups in total. The van der Waals surface area contributed by atoms with Crippen LogP contribution in [0.5, 0.6) is 0 Å². The Morgan fingerprint density at radius 3 is 2.67 bits per heavy atom. The largest absolute Gasteiger partial charge is 0.379 e. The Morgan fingerprint density at radius 2 is 2.00 bits per heavy atom. The number of nitrogens with zero attached hydrogens (tertiary/aromatic N) is 3. The van der Waals surface area contributed by atoms with Crippen LogP contribution in [-0.2, 0) is 9.53 Å². The highest BCUT2D eigenvalue weighted by Gasteiger charge is 2.21. The Hall–Kier alpha value is -2.29. The molecule has 1 aliphatic heterocycles. The quantitative estimate of drug-likeness (QED) is 0.784. The number of amides is 2. The Bertz CT molecular complexity index is 743. The first-order valence-corrected chi connectivity index (χ1v) is 9.85. The number of rotatable bonds is 7. The van der Waals surface area contributed by atoms with Crippen LogP contribution < -0.4 is 5.32 Å². The van der Waals surface area contributed by atoms with Gasteiger partial charge in [0.2, 0.25) is 5.91 Å². The predicted molar refractivity (Wildman–Crippen MR) is 105 cm³/mol. The maximum absolute atomic E-state index is 13.0. The SMILES string of the molecule is Cc1ccc(C(=O)N(CCN2CCOCC2)CC(=O)Nc2nccs2)cc1. The van der Waals surface area contributed by atoms with E-state index in [9.17, 15) is 9.59 Å². The molecule has 2 amide bonds. The molecule has 1 aromatic heterocycles. The van der Waals surface area contributed by atoms with Gasteiger partial charge in [-0.15, -0.1) is 11.3 Å². The van der Waals surface area contributed by atoms with Crippen molar-refractivity contribution in [3.05, 3.63) is 47.0 Å². The number of morpholine rings is 1. The highest BCUT2D eigenvalue weighted by molar-refractivity contribution is 7.13. The minimum Gasteiger partial charge on any atom is -0.379 e. The van der Waals surface area contributed by atoms with Crippen LogP contribution in [-0.4, -0.2) is 72.5 Å². The van der Waals surface area contributed by atoms with Crippen LogP contribution in [0.1, 0.15) is 15.9 Å². The topological polar surface area (TPSA) is 74.8 Å². The van der Waals surface area contributed by atoms with Crippen molar-refractivity contribution in [3.63, 3.8) is 0 Å². The number of carbonyl (C=O) groups excluding carboxylic acids is 2. The lowest BCUT2D eigenvalue weighted by Gasteiger charge is -2.30. The number of benzene rings is 1. The van der Waals surface area contributed by atoms with Crippen molar-refractivity contribution in [2.24, 2.45) is 0 Å². The fourth-order valence-corrected chi connectivity index (χ4v) is 3.38. The van der Waals surface area contributed by atoms with E-state index in [4.69, 9.17) is 4.74 Å². The first-order chi connectivity index (χ1) is 13.1. The third-order valence-electron chi connectivity index (χ3n) is 4.39. The lowest BCUT2D eigenvalue weighted by atomic mass is 10.1. The molecular formula is C19H24N4O3S. The molecule has 8 heteroatoms. The minimum absolute atomic E-state index is 0.00334. The fraction of sp³-hybridized carbons (Fsp3) is 0.421. The minimum atomic E-state index is -0.243. The second kappa shape index (κ2) is 9.59. The number of carbonyl (C=O) groups is 2. The average molecular weight is 388 g/mol. The number of aromatic nitrogens is 1. The van der Waals surface area contributed by atoms with E-state index in [2.05, 4.69) is 15.2 Å². The summed E-state index contributed by atoms with van der Waals surface area (Å²) in [4.78, 5) is 33.3. The molecule has 1 aliphatic rings. The molecule has 0 aliphatic carbocycles. The van der Waals surface area contributed by atoms with Crippen LogP contribution in [0.15, 0.2) is 35.8 Å². The molecule has 3 rings (SSSR count). The normalized spacial score (nSPS) is 14.7. The van der Waals surface area contributed by atoms with Gasteiger partial charge in [-0.3, -0.25) is 14.5 Å². The van der Waals surface area contributed by atoms with Crippen LogP contribution >= 0.6 is 11.3 Å². The lowest BCUT2D eigenvalue weighted by Crippen LogP contribution is -2.45. The molecule has 27 heavy (non-hydrogen) atoms. The number of hydrogen-bond acceptors (Lipinski definition) is 6. The maximum Gasteiger partial charge on any atom is 0.254 e. The van der Waals surface area contributed by atoms with E-state index in [1.165, 1.54) is 11.3 Å². The molecule has 2 heterocycles. The molecular weight excluding hydrogens is 364 g/mol. The highest BCUT2D eigenvalue weighted by Crippen LogP contribution is 2.12. The summed E-state index contributed by atoms with van der Waals surface area (Å²) >= 11 is 1.35. The van der Waals surface area contributed by atoms with Crippen molar-refractivity contribution >= 4 is 28.3 Å². The number of ether oxygens (including phenoxy) is 1. The Balaban J connectivity index is 1.65. The highest BCUT2D eigenvalue weighted by atomic mass is 32.1. The summed E-state index contributed by atoms with van der Waals surface area (Å²) in [5.74, 6) is -0.384. The van der Waals surface area contributed by atoms with Crippen LogP contribution in [0, 0.1) is 6.92 Å². The van der Waals surface area contributed by atoms with Crippen molar-refractivity contribution in [2.45, 2.75) is 6.92 Å². The summed E-state index contributed by atoms with van der Waals surface area (Å²) in [6, 6.07) is 7.42. The standard InChI is InChI=1S/C19H24N4O3S/c1-15-2-4-16(5-3-15)18(25)23(8-7-22-9-11-26-12-10-22)14-17(24)21-19-20-6-13-27-19/h2-6,13H,7-12,14H2,1H3,(H,20,21,24). The van der Waals surface area contributed by atoms with Gasteiger partial charge >= 0.3 is 0 Å². The molecule has 7 nitrogen and oxygen atoms in total. The summed E-state index contributed by atoms with van der Waals surface area (Å²) in [5.41, 5.74) is 1.68. The Labute approximate surface area is 162 Å². The number of thiazole rings is 1. The summed E-state index contributed by atoms with van der Waals surface area (Å²) in [6.07, 6.45) is 1.63. The van der Waals surface area contributed by atoms with Crippen molar-refractivity contribution in [1.82, 2.24) is 14.8 Å². The van der Waals surface area contributed by atoms with Crippen LogP contribution in [0.25, 0.3) is 0 Å². The molecule has 0 saturated carbocycles. The predicted octanol–water partition coefficient (Wildman–Crippen LogP) is 1.86. The van der Waals surface area contributed by atoms with Crippen LogP contribution in [0.3, 0.4) is 0 Å². The monoisotopic (exact) mass is 388 g/mol. The van der Waals surface area contributed by atoms with Crippen molar-refractivity contribution in [3.8, 4) is 0 Å². The smallest absolute Gasteiger partial charge is 0.254 e. The van der Waals surface area contributed by atoms with Gasteiger partial charge in [0.1, 0.15) is 6.54 Å². The van der Waals surface area contributed by atoms with Gasteiger partial charge in [-0.1, -0.05) is 17.7 Å². The summed E-state index contributed by atoms with van der Waals surface area (Å²) in [7, 11) is 0. The van der Waals surface area contributed by atoms with E-state index >= 15 is 0 Å².